The summed E-state index contributed by atoms with van der Waals surface area (Å²) < 4.78 is 0. The number of terminal acetylenes is 1. The van der Waals surface area contributed by atoms with E-state index < -0.39 is 0 Å². The zero-order chi connectivity index (χ0) is 4.83. The second-order valence-electron chi connectivity index (χ2n) is 0.618. The summed E-state index contributed by atoms with van der Waals surface area (Å²) in [6, 6.07) is 0. The van der Waals surface area contributed by atoms with Crippen molar-refractivity contribution < 1.29 is 4.79 Å². The molecule has 0 heterocycles. The van der Waals surface area contributed by atoms with Crippen molar-refractivity contribution in [2.45, 2.75) is 0 Å². The molecular formula is C5H3O-. The van der Waals surface area contributed by atoms with Crippen LogP contribution in [-0.4, -0.2) is 6.29 Å². The van der Waals surface area contributed by atoms with E-state index in [2.05, 4.69) is 5.92 Å². The Kier molecular flexibility index (Phi) is 3.29. The van der Waals surface area contributed by atoms with Crippen LogP contribution in [0, 0.1) is 12.3 Å². The van der Waals surface area contributed by atoms with Gasteiger partial charge in [-0.25, -0.2) is 0 Å². The minimum atomic E-state index is 1.14. The molecule has 0 aromatic heterocycles. The highest BCUT2D eigenvalue weighted by atomic mass is 16.1. The molecule has 0 bridgehead atoms. The van der Waals surface area contributed by atoms with Crippen molar-refractivity contribution in [2.24, 2.45) is 0 Å². The first-order valence-corrected chi connectivity index (χ1v) is 1.40. The van der Waals surface area contributed by atoms with Crippen molar-refractivity contribution in [3.05, 3.63) is 12.2 Å². The first kappa shape index (κ1) is 4.97. The van der Waals surface area contributed by atoms with Crippen LogP contribution in [0.15, 0.2) is 12.2 Å². The molecule has 0 rings (SSSR count). The molecule has 6 heavy (non-hydrogen) atoms. The van der Waals surface area contributed by atoms with Gasteiger partial charge in [-0.15, -0.1) is 6.42 Å². The van der Waals surface area contributed by atoms with Crippen molar-refractivity contribution in [1.29, 1.82) is 0 Å². The average molecular weight is 79.1 g/mol. The van der Waals surface area contributed by atoms with Crippen LogP contribution in [0.5, 0.6) is 0 Å². The SMILES string of the molecule is C#CC=C[C-]=O. The molecule has 30 valence electrons. The van der Waals surface area contributed by atoms with Crippen LogP contribution in [0.4, 0.5) is 0 Å². The van der Waals surface area contributed by atoms with Gasteiger partial charge < -0.3 is 4.79 Å². The van der Waals surface area contributed by atoms with E-state index in [9.17, 15) is 4.79 Å². The van der Waals surface area contributed by atoms with Gasteiger partial charge in [0, 0.05) is 0 Å². The molecule has 1 heteroatoms. The van der Waals surface area contributed by atoms with E-state index >= 15 is 0 Å². The lowest BCUT2D eigenvalue weighted by molar-refractivity contribution is 0.564. The molecule has 0 aromatic carbocycles. The van der Waals surface area contributed by atoms with Crippen LogP contribution in [-0.2, 0) is 4.79 Å². The van der Waals surface area contributed by atoms with Gasteiger partial charge in [0.2, 0.25) is 0 Å². The summed E-state index contributed by atoms with van der Waals surface area (Å²) in [7, 11) is 0. The normalized spacial score (nSPS) is 7.83. The Balaban J connectivity index is 3.26. The Morgan fingerprint density at radius 2 is 2.50 bits per heavy atom. The predicted octanol–water partition coefficient (Wildman–Crippen LogP) is 0.285. The lowest BCUT2D eigenvalue weighted by atomic mass is 10.5. The van der Waals surface area contributed by atoms with Crippen LogP contribution in [0.2, 0.25) is 0 Å². The van der Waals surface area contributed by atoms with Gasteiger partial charge in [-0.05, 0) is 6.29 Å². The summed E-state index contributed by atoms with van der Waals surface area (Å²) in [5.41, 5.74) is 0. The Morgan fingerprint density at radius 3 is 2.67 bits per heavy atom. The molecule has 1 nitrogen and oxygen atoms in total. The summed E-state index contributed by atoms with van der Waals surface area (Å²) in [5, 5.41) is 0. The molecule has 0 aliphatic heterocycles. The third-order valence-electron chi connectivity index (χ3n) is 0.248. The molecule has 0 fully saturated rings. The maximum absolute atomic E-state index is 9.26. The molecule has 0 saturated carbocycles. The van der Waals surface area contributed by atoms with E-state index in [4.69, 9.17) is 6.42 Å². The second kappa shape index (κ2) is 3.97. The highest BCUT2D eigenvalue weighted by molar-refractivity contribution is 5.66. The van der Waals surface area contributed by atoms with Gasteiger partial charge in [-0.2, -0.15) is 18.1 Å². The van der Waals surface area contributed by atoms with Crippen molar-refractivity contribution in [3.63, 3.8) is 0 Å². The molecule has 0 N–H and O–H groups in total. The summed E-state index contributed by atoms with van der Waals surface area (Å²) in [6.45, 7) is 0. The fraction of sp³-hybridized carbons (Fsp3) is 0. The monoisotopic (exact) mass is 79.0 g/mol. The van der Waals surface area contributed by atoms with Crippen LogP contribution in [0.3, 0.4) is 0 Å². The largest absolute Gasteiger partial charge is 0.419 e. The van der Waals surface area contributed by atoms with Gasteiger partial charge in [0.15, 0.2) is 0 Å². The van der Waals surface area contributed by atoms with E-state index in [0.29, 0.717) is 0 Å². The average Bonchev–Trinajstić information content (AvgIpc) is 1.61. The third-order valence-corrected chi connectivity index (χ3v) is 0.248. The maximum atomic E-state index is 9.26. The Labute approximate surface area is 36.7 Å². The van der Waals surface area contributed by atoms with Gasteiger partial charge in [0.05, 0.1) is 0 Å². The highest BCUT2D eigenvalue weighted by Gasteiger charge is 1.37. The van der Waals surface area contributed by atoms with Crippen molar-refractivity contribution in [3.8, 4) is 12.3 Å². The van der Waals surface area contributed by atoms with E-state index in [0.717, 1.165) is 6.08 Å². The lowest BCUT2D eigenvalue weighted by Gasteiger charge is -1.67. The van der Waals surface area contributed by atoms with Gasteiger partial charge in [0.25, 0.3) is 0 Å². The molecule has 0 aromatic rings. The highest BCUT2D eigenvalue weighted by Crippen LogP contribution is 1.56. The molecular weight excluding hydrogens is 76.1 g/mol. The second-order valence-corrected chi connectivity index (χ2v) is 0.618. The molecule has 0 radical (unpaired) electrons. The Hall–Kier alpha value is -1.03. The van der Waals surface area contributed by atoms with Crippen LogP contribution < -0.4 is 0 Å². The molecule has 0 aliphatic carbocycles. The van der Waals surface area contributed by atoms with Crippen LogP contribution in [0.1, 0.15) is 0 Å². The minimum absolute atomic E-state index is 1.14. The third kappa shape index (κ3) is 2.97. The topological polar surface area (TPSA) is 17.1 Å². The zero-order valence-corrected chi connectivity index (χ0v) is 3.14. The van der Waals surface area contributed by atoms with E-state index in [1.165, 1.54) is 12.4 Å². The van der Waals surface area contributed by atoms with Gasteiger partial charge in [0.1, 0.15) is 0 Å². The number of allylic oxidation sites excluding steroid dienone is 2. The first-order chi connectivity index (χ1) is 2.91. The Bertz CT molecular complexity index is 95.0. The fourth-order valence-corrected chi connectivity index (χ4v) is 0.0821. The standard InChI is InChI=1S/C5H3O/c1-2-3-4-5-6/h1,3-4H/q-1. The van der Waals surface area contributed by atoms with Gasteiger partial charge >= 0.3 is 0 Å². The lowest BCUT2D eigenvalue weighted by Crippen LogP contribution is -1.52. The molecule has 0 atom stereocenters. The van der Waals surface area contributed by atoms with E-state index in [1.807, 2.05) is 0 Å². The van der Waals surface area contributed by atoms with Crippen molar-refractivity contribution in [1.82, 2.24) is 0 Å². The molecule has 0 saturated heterocycles. The summed E-state index contributed by atoms with van der Waals surface area (Å²) >= 11 is 0. The summed E-state index contributed by atoms with van der Waals surface area (Å²) in [6.07, 6.45) is 8.62. The van der Waals surface area contributed by atoms with E-state index in [1.54, 1.807) is 0 Å². The van der Waals surface area contributed by atoms with Gasteiger partial charge in [-0.1, -0.05) is 0 Å². The molecule has 0 aliphatic rings. The maximum Gasteiger partial charge on any atom is -0.0136 e. The quantitative estimate of drug-likeness (QED) is 0.251. The van der Waals surface area contributed by atoms with Crippen LogP contribution >= 0.6 is 0 Å². The number of carbonyl (C=O) groups excluding carboxylic acids is 1. The summed E-state index contributed by atoms with van der Waals surface area (Å²) in [5.74, 6) is 2.13. The Morgan fingerprint density at radius 1 is 1.83 bits per heavy atom. The molecule has 0 spiro atoms. The van der Waals surface area contributed by atoms with Crippen molar-refractivity contribution in [2.75, 3.05) is 0 Å². The predicted molar refractivity (Wildman–Crippen MR) is 23.7 cm³/mol. The fourth-order valence-electron chi connectivity index (χ4n) is 0.0821. The van der Waals surface area contributed by atoms with Gasteiger partial charge in [-0.3, -0.25) is 0 Å². The number of hydrogen-bond acceptors (Lipinski definition) is 1. The van der Waals surface area contributed by atoms with Crippen LogP contribution in [0.25, 0.3) is 0 Å². The zero-order valence-electron chi connectivity index (χ0n) is 3.14. The first-order valence-electron chi connectivity index (χ1n) is 1.40. The van der Waals surface area contributed by atoms with Crippen molar-refractivity contribution >= 4 is 6.29 Å². The number of rotatable bonds is 1. The van der Waals surface area contributed by atoms with E-state index in [-0.39, 0.29) is 0 Å². The summed E-state index contributed by atoms with van der Waals surface area (Å²) in [4.78, 5) is 9.26. The number of hydrogen-bond donors (Lipinski definition) is 0. The minimum Gasteiger partial charge on any atom is -0.419 e. The molecule has 0 amide bonds. The smallest absolute Gasteiger partial charge is 0.0136 e. The molecule has 0 unspecified atom stereocenters.